The third-order valence-electron chi connectivity index (χ3n) is 5.92. The van der Waals surface area contributed by atoms with Gasteiger partial charge in [-0.15, -0.1) is 0 Å². The Labute approximate surface area is 118 Å². The van der Waals surface area contributed by atoms with Gasteiger partial charge in [-0.1, -0.05) is 19.8 Å². The van der Waals surface area contributed by atoms with Gasteiger partial charge in [0.05, 0.1) is 6.10 Å². The molecule has 1 spiro atoms. The Hall–Kier alpha value is -0.0800. The van der Waals surface area contributed by atoms with Crippen LogP contribution in [0.25, 0.3) is 0 Å². The van der Waals surface area contributed by atoms with Crippen molar-refractivity contribution in [1.29, 1.82) is 0 Å². The Kier molecular flexibility index (Phi) is 4.19. The van der Waals surface area contributed by atoms with Gasteiger partial charge in [0.15, 0.2) is 0 Å². The van der Waals surface area contributed by atoms with E-state index < -0.39 is 0 Å². The maximum atomic E-state index is 10.2. The van der Waals surface area contributed by atoms with Crippen molar-refractivity contribution in [3.63, 3.8) is 0 Å². The first-order chi connectivity index (χ1) is 9.23. The number of hydrogen-bond donors (Lipinski definition) is 1. The molecular formula is C17H31NO. The molecule has 3 rings (SSSR count). The summed E-state index contributed by atoms with van der Waals surface area (Å²) < 4.78 is 0. The highest BCUT2D eigenvalue weighted by Gasteiger charge is 2.47. The molecule has 0 aromatic heterocycles. The Bertz CT molecular complexity index is 294. The highest BCUT2D eigenvalue weighted by Crippen LogP contribution is 2.51. The number of aliphatic hydroxyl groups excluding tert-OH is 1. The predicted octanol–water partition coefficient (Wildman–Crippen LogP) is 3.58. The van der Waals surface area contributed by atoms with E-state index in [1.807, 2.05) is 0 Å². The molecule has 2 nitrogen and oxygen atoms in total. The first kappa shape index (κ1) is 13.9. The van der Waals surface area contributed by atoms with Gasteiger partial charge in [0.2, 0.25) is 0 Å². The van der Waals surface area contributed by atoms with E-state index in [0.29, 0.717) is 11.5 Å². The predicted molar refractivity (Wildman–Crippen MR) is 79.1 cm³/mol. The molecule has 2 atom stereocenters. The van der Waals surface area contributed by atoms with Crippen LogP contribution in [0.15, 0.2) is 0 Å². The highest BCUT2D eigenvalue weighted by molar-refractivity contribution is 5.01. The number of hydrogen-bond acceptors (Lipinski definition) is 2. The van der Waals surface area contributed by atoms with Gasteiger partial charge < -0.3 is 5.11 Å². The first-order valence-corrected chi connectivity index (χ1v) is 8.65. The van der Waals surface area contributed by atoms with E-state index in [4.69, 9.17) is 0 Å². The minimum Gasteiger partial charge on any atom is -0.393 e. The van der Waals surface area contributed by atoms with Crippen molar-refractivity contribution in [3.05, 3.63) is 0 Å². The summed E-state index contributed by atoms with van der Waals surface area (Å²) in [6, 6.07) is 0.680. The van der Waals surface area contributed by atoms with Gasteiger partial charge >= 0.3 is 0 Å². The lowest BCUT2D eigenvalue weighted by Crippen LogP contribution is -2.52. The van der Waals surface area contributed by atoms with Crippen LogP contribution in [-0.4, -0.2) is 35.2 Å². The largest absolute Gasteiger partial charge is 0.393 e. The third-order valence-corrected chi connectivity index (χ3v) is 5.92. The van der Waals surface area contributed by atoms with Crippen LogP contribution in [0.3, 0.4) is 0 Å². The fourth-order valence-electron chi connectivity index (χ4n) is 4.74. The van der Waals surface area contributed by atoms with Gasteiger partial charge in [0.1, 0.15) is 0 Å². The van der Waals surface area contributed by atoms with Crippen LogP contribution in [-0.2, 0) is 0 Å². The van der Waals surface area contributed by atoms with E-state index >= 15 is 0 Å². The zero-order valence-corrected chi connectivity index (χ0v) is 12.6. The van der Waals surface area contributed by atoms with E-state index in [-0.39, 0.29) is 6.10 Å². The maximum Gasteiger partial charge on any atom is 0.0555 e. The van der Waals surface area contributed by atoms with E-state index in [2.05, 4.69) is 11.8 Å². The van der Waals surface area contributed by atoms with Gasteiger partial charge in [-0.05, 0) is 69.2 Å². The lowest BCUT2D eigenvalue weighted by atomic mass is 9.67. The van der Waals surface area contributed by atoms with Crippen molar-refractivity contribution >= 4 is 0 Å². The molecule has 2 unspecified atom stereocenters. The lowest BCUT2D eigenvalue weighted by molar-refractivity contribution is -0.0282. The normalized spacial score (nSPS) is 34.3. The standard InChI is InChI=1S/C17H31NO/c1-2-11-18(13-14-5-6-14)16-12-15(19)7-10-17(16)8-3-4-9-17/h14-16,19H,2-13H2,1H3. The van der Waals surface area contributed by atoms with Crippen molar-refractivity contribution < 1.29 is 5.11 Å². The number of nitrogens with zero attached hydrogens (tertiary/aromatic N) is 1. The molecule has 0 saturated heterocycles. The van der Waals surface area contributed by atoms with Gasteiger partial charge in [0, 0.05) is 12.6 Å². The Morgan fingerprint density at radius 3 is 2.47 bits per heavy atom. The van der Waals surface area contributed by atoms with Crippen molar-refractivity contribution in [3.8, 4) is 0 Å². The molecule has 3 fully saturated rings. The lowest BCUT2D eigenvalue weighted by Gasteiger charge is -2.49. The van der Waals surface area contributed by atoms with E-state index in [0.717, 1.165) is 18.8 Å². The topological polar surface area (TPSA) is 23.5 Å². The molecule has 0 amide bonds. The molecule has 3 aliphatic rings. The molecule has 0 radical (unpaired) electrons. The SMILES string of the molecule is CCCN(CC1CC1)C1CC(O)CCC12CCCC2. The van der Waals surface area contributed by atoms with Crippen LogP contribution in [0, 0.1) is 11.3 Å². The summed E-state index contributed by atoms with van der Waals surface area (Å²) >= 11 is 0. The molecule has 0 aromatic rings. The second-order valence-electron chi connectivity index (χ2n) is 7.45. The monoisotopic (exact) mass is 265 g/mol. The number of aliphatic hydroxyl groups is 1. The number of rotatable bonds is 5. The van der Waals surface area contributed by atoms with E-state index in [1.165, 1.54) is 64.5 Å². The summed E-state index contributed by atoms with van der Waals surface area (Å²) in [5.74, 6) is 0.976. The Morgan fingerprint density at radius 1 is 1.11 bits per heavy atom. The summed E-state index contributed by atoms with van der Waals surface area (Å²) in [5, 5.41) is 10.2. The maximum absolute atomic E-state index is 10.2. The van der Waals surface area contributed by atoms with Gasteiger partial charge in [-0.25, -0.2) is 0 Å². The molecule has 3 aliphatic carbocycles. The Balaban J connectivity index is 1.74. The fourth-order valence-corrected chi connectivity index (χ4v) is 4.74. The molecular weight excluding hydrogens is 234 g/mol. The quantitative estimate of drug-likeness (QED) is 0.821. The van der Waals surface area contributed by atoms with Crippen LogP contribution in [0.2, 0.25) is 0 Å². The van der Waals surface area contributed by atoms with Gasteiger partial charge in [-0.2, -0.15) is 0 Å². The molecule has 3 saturated carbocycles. The van der Waals surface area contributed by atoms with Crippen molar-refractivity contribution in [2.75, 3.05) is 13.1 Å². The second kappa shape index (κ2) is 5.73. The Morgan fingerprint density at radius 2 is 1.84 bits per heavy atom. The molecule has 2 heteroatoms. The smallest absolute Gasteiger partial charge is 0.0555 e. The minimum atomic E-state index is -0.0326. The molecule has 1 N–H and O–H groups in total. The molecule has 0 aliphatic heterocycles. The zero-order chi connectivity index (χ0) is 13.3. The summed E-state index contributed by atoms with van der Waals surface area (Å²) in [4.78, 5) is 2.78. The minimum absolute atomic E-state index is 0.0326. The first-order valence-electron chi connectivity index (χ1n) is 8.65. The zero-order valence-electron chi connectivity index (χ0n) is 12.6. The third kappa shape index (κ3) is 3.00. The van der Waals surface area contributed by atoms with E-state index in [9.17, 15) is 5.11 Å². The van der Waals surface area contributed by atoms with Crippen LogP contribution in [0.5, 0.6) is 0 Å². The average Bonchev–Trinajstić information content (AvgIpc) is 3.10. The second-order valence-corrected chi connectivity index (χ2v) is 7.45. The van der Waals surface area contributed by atoms with Gasteiger partial charge in [-0.3, -0.25) is 4.90 Å². The molecule has 19 heavy (non-hydrogen) atoms. The van der Waals surface area contributed by atoms with Crippen LogP contribution < -0.4 is 0 Å². The highest BCUT2D eigenvalue weighted by atomic mass is 16.3. The van der Waals surface area contributed by atoms with Crippen molar-refractivity contribution in [2.24, 2.45) is 11.3 Å². The van der Waals surface area contributed by atoms with Crippen molar-refractivity contribution in [1.82, 2.24) is 4.90 Å². The summed E-state index contributed by atoms with van der Waals surface area (Å²) in [6.07, 6.45) is 13.2. The van der Waals surface area contributed by atoms with E-state index in [1.54, 1.807) is 0 Å². The fraction of sp³-hybridized carbons (Fsp3) is 1.00. The molecule has 0 aromatic carbocycles. The molecule has 0 bridgehead atoms. The van der Waals surface area contributed by atoms with Crippen LogP contribution >= 0.6 is 0 Å². The van der Waals surface area contributed by atoms with Crippen LogP contribution in [0.4, 0.5) is 0 Å². The molecule has 0 heterocycles. The molecule has 110 valence electrons. The average molecular weight is 265 g/mol. The summed E-state index contributed by atoms with van der Waals surface area (Å²) in [5.41, 5.74) is 0.573. The van der Waals surface area contributed by atoms with Crippen molar-refractivity contribution in [2.45, 2.75) is 83.3 Å². The summed E-state index contributed by atoms with van der Waals surface area (Å²) in [6.45, 7) is 4.86. The summed E-state index contributed by atoms with van der Waals surface area (Å²) in [7, 11) is 0. The van der Waals surface area contributed by atoms with Gasteiger partial charge in [0.25, 0.3) is 0 Å². The van der Waals surface area contributed by atoms with Crippen LogP contribution in [0.1, 0.15) is 71.1 Å².